The normalized spacial score (nSPS) is 19.7. The van der Waals surface area contributed by atoms with Crippen molar-refractivity contribution in [1.82, 2.24) is 10.2 Å². The van der Waals surface area contributed by atoms with Crippen LogP contribution in [-0.2, 0) is 6.54 Å². The highest BCUT2D eigenvalue weighted by atomic mass is 15.2. The molecule has 0 radical (unpaired) electrons. The van der Waals surface area contributed by atoms with Gasteiger partial charge in [0.15, 0.2) is 0 Å². The maximum absolute atomic E-state index is 3.48. The first-order chi connectivity index (χ1) is 8.69. The second-order valence-corrected chi connectivity index (χ2v) is 5.61. The van der Waals surface area contributed by atoms with Crippen molar-refractivity contribution < 1.29 is 0 Å². The highest BCUT2D eigenvalue weighted by molar-refractivity contribution is 5.28. The van der Waals surface area contributed by atoms with Gasteiger partial charge in [-0.2, -0.15) is 0 Å². The van der Waals surface area contributed by atoms with Crippen molar-refractivity contribution >= 4 is 0 Å². The third-order valence-corrected chi connectivity index (χ3v) is 3.73. The molecule has 1 aromatic carbocycles. The van der Waals surface area contributed by atoms with Crippen molar-refractivity contribution in [3.05, 3.63) is 34.9 Å². The van der Waals surface area contributed by atoms with E-state index < -0.39 is 0 Å². The third kappa shape index (κ3) is 3.56. The van der Waals surface area contributed by atoms with Crippen LogP contribution in [0.4, 0.5) is 0 Å². The van der Waals surface area contributed by atoms with E-state index in [1.807, 2.05) is 0 Å². The lowest BCUT2D eigenvalue weighted by molar-refractivity contribution is 0.199. The summed E-state index contributed by atoms with van der Waals surface area (Å²) in [6.45, 7) is 11.3. The maximum atomic E-state index is 3.48. The lowest BCUT2D eigenvalue weighted by Crippen LogP contribution is -2.36. The number of nitrogens with one attached hydrogen (secondary N) is 1. The summed E-state index contributed by atoms with van der Waals surface area (Å²) in [6.07, 6.45) is 2.53. The molecule has 0 aliphatic carbocycles. The molecule has 1 aromatic rings. The summed E-state index contributed by atoms with van der Waals surface area (Å²) in [5, 5.41) is 3.48. The molecule has 1 fully saturated rings. The SMILES string of the molecule is CCCN(Cc1cc(C)cc(C)c1)C1CCNC1. The van der Waals surface area contributed by atoms with E-state index >= 15 is 0 Å². The summed E-state index contributed by atoms with van der Waals surface area (Å²) in [6, 6.07) is 7.65. The van der Waals surface area contributed by atoms with Crippen LogP contribution in [0.15, 0.2) is 18.2 Å². The van der Waals surface area contributed by atoms with Crippen molar-refractivity contribution in [2.24, 2.45) is 0 Å². The fraction of sp³-hybridized carbons (Fsp3) is 0.625. The summed E-state index contributed by atoms with van der Waals surface area (Å²) in [4.78, 5) is 2.65. The second-order valence-electron chi connectivity index (χ2n) is 5.61. The summed E-state index contributed by atoms with van der Waals surface area (Å²) >= 11 is 0. The molecule has 2 rings (SSSR count). The Morgan fingerprint density at radius 2 is 1.94 bits per heavy atom. The zero-order valence-electron chi connectivity index (χ0n) is 12.0. The van der Waals surface area contributed by atoms with Gasteiger partial charge in [-0.15, -0.1) is 0 Å². The van der Waals surface area contributed by atoms with E-state index in [0.717, 1.165) is 19.1 Å². The molecule has 2 heteroatoms. The number of hydrogen-bond acceptors (Lipinski definition) is 2. The Bertz CT molecular complexity index is 360. The van der Waals surface area contributed by atoms with Gasteiger partial charge in [0.25, 0.3) is 0 Å². The number of nitrogens with zero attached hydrogens (tertiary/aromatic N) is 1. The second kappa shape index (κ2) is 6.35. The van der Waals surface area contributed by atoms with Crippen molar-refractivity contribution in [3.8, 4) is 0 Å². The molecular formula is C16H26N2. The molecule has 0 saturated carbocycles. The Morgan fingerprint density at radius 1 is 1.22 bits per heavy atom. The van der Waals surface area contributed by atoms with Gasteiger partial charge in [-0.25, -0.2) is 0 Å². The van der Waals surface area contributed by atoms with E-state index in [2.05, 4.69) is 49.2 Å². The monoisotopic (exact) mass is 246 g/mol. The van der Waals surface area contributed by atoms with Gasteiger partial charge in [-0.3, -0.25) is 4.90 Å². The van der Waals surface area contributed by atoms with Crippen LogP contribution < -0.4 is 5.32 Å². The van der Waals surface area contributed by atoms with Gasteiger partial charge < -0.3 is 5.32 Å². The maximum Gasteiger partial charge on any atom is 0.0237 e. The summed E-state index contributed by atoms with van der Waals surface area (Å²) < 4.78 is 0. The molecule has 1 atom stereocenters. The molecule has 1 aliphatic heterocycles. The van der Waals surface area contributed by atoms with Gasteiger partial charge in [0.2, 0.25) is 0 Å². The van der Waals surface area contributed by atoms with Crippen molar-refractivity contribution in [2.75, 3.05) is 19.6 Å². The predicted octanol–water partition coefficient (Wildman–Crippen LogP) is 2.88. The average Bonchev–Trinajstić information content (AvgIpc) is 2.80. The zero-order chi connectivity index (χ0) is 13.0. The Kier molecular flexibility index (Phi) is 4.79. The van der Waals surface area contributed by atoms with E-state index in [0.29, 0.717) is 0 Å². The van der Waals surface area contributed by atoms with E-state index in [1.165, 1.54) is 42.6 Å². The minimum Gasteiger partial charge on any atom is -0.315 e. The molecule has 1 N–H and O–H groups in total. The molecule has 2 nitrogen and oxygen atoms in total. The molecule has 1 heterocycles. The minimum absolute atomic E-state index is 0.728. The summed E-state index contributed by atoms with van der Waals surface area (Å²) in [7, 11) is 0. The zero-order valence-corrected chi connectivity index (χ0v) is 12.0. The molecule has 1 saturated heterocycles. The lowest BCUT2D eigenvalue weighted by atomic mass is 10.1. The molecule has 1 aliphatic rings. The van der Waals surface area contributed by atoms with Gasteiger partial charge in [-0.05, 0) is 45.3 Å². The molecular weight excluding hydrogens is 220 g/mol. The predicted molar refractivity (Wildman–Crippen MR) is 77.9 cm³/mol. The van der Waals surface area contributed by atoms with E-state index in [1.54, 1.807) is 0 Å². The van der Waals surface area contributed by atoms with Crippen LogP contribution in [0.5, 0.6) is 0 Å². The van der Waals surface area contributed by atoms with E-state index in [4.69, 9.17) is 0 Å². The van der Waals surface area contributed by atoms with E-state index in [9.17, 15) is 0 Å². The first-order valence-electron chi connectivity index (χ1n) is 7.21. The minimum atomic E-state index is 0.728. The number of rotatable bonds is 5. The lowest BCUT2D eigenvalue weighted by Gasteiger charge is -2.28. The fourth-order valence-corrected chi connectivity index (χ4v) is 3.02. The Hall–Kier alpha value is -0.860. The van der Waals surface area contributed by atoms with Crippen LogP contribution in [0.3, 0.4) is 0 Å². The van der Waals surface area contributed by atoms with Crippen molar-refractivity contribution in [2.45, 2.75) is 46.2 Å². The Labute approximate surface area is 111 Å². The van der Waals surface area contributed by atoms with Gasteiger partial charge in [0, 0.05) is 19.1 Å². The molecule has 18 heavy (non-hydrogen) atoms. The van der Waals surface area contributed by atoms with Crippen LogP contribution in [0.2, 0.25) is 0 Å². The van der Waals surface area contributed by atoms with Crippen LogP contribution in [-0.4, -0.2) is 30.6 Å². The van der Waals surface area contributed by atoms with Gasteiger partial charge in [-0.1, -0.05) is 36.2 Å². The summed E-state index contributed by atoms with van der Waals surface area (Å²) in [5.41, 5.74) is 4.23. The average molecular weight is 246 g/mol. The topological polar surface area (TPSA) is 15.3 Å². The molecule has 0 spiro atoms. The molecule has 0 amide bonds. The smallest absolute Gasteiger partial charge is 0.0237 e. The van der Waals surface area contributed by atoms with Gasteiger partial charge in [0.1, 0.15) is 0 Å². The van der Waals surface area contributed by atoms with E-state index in [-0.39, 0.29) is 0 Å². The molecule has 0 aromatic heterocycles. The first kappa shape index (κ1) is 13.6. The Balaban J connectivity index is 2.07. The largest absolute Gasteiger partial charge is 0.315 e. The van der Waals surface area contributed by atoms with Crippen molar-refractivity contribution in [1.29, 1.82) is 0 Å². The third-order valence-electron chi connectivity index (χ3n) is 3.73. The summed E-state index contributed by atoms with van der Waals surface area (Å²) in [5.74, 6) is 0. The highest BCUT2D eigenvalue weighted by Crippen LogP contribution is 2.16. The van der Waals surface area contributed by atoms with Gasteiger partial charge in [0.05, 0.1) is 0 Å². The standard InChI is InChI=1S/C16H26N2/c1-4-7-18(16-5-6-17-11-16)12-15-9-13(2)8-14(3)10-15/h8-10,16-17H,4-7,11-12H2,1-3H3. The highest BCUT2D eigenvalue weighted by Gasteiger charge is 2.21. The van der Waals surface area contributed by atoms with Crippen LogP contribution in [0, 0.1) is 13.8 Å². The quantitative estimate of drug-likeness (QED) is 0.859. The fourth-order valence-electron chi connectivity index (χ4n) is 3.02. The number of aryl methyl sites for hydroxylation is 2. The van der Waals surface area contributed by atoms with Crippen molar-refractivity contribution in [3.63, 3.8) is 0 Å². The van der Waals surface area contributed by atoms with Crippen LogP contribution in [0.25, 0.3) is 0 Å². The molecule has 0 bridgehead atoms. The number of hydrogen-bond donors (Lipinski definition) is 1. The van der Waals surface area contributed by atoms with Gasteiger partial charge >= 0.3 is 0 Å². The van der Waals surface area contributed by atoms with Crippen LogP contribution in [0.1, 0.15) is 36.5 Å². The molecule has 1 unspecified atom stereocenters. The Morgan fingerprint density at radius 3 is 2.50 bits per heavy atom. The van der Waals surface area contributed by atoms with Crippen LogP contribution >= 0.6 is 0 Å². The first-order valence-corrected chi connectivity index (χ1v) is 7.21. The number of benzene rings is 1. The molecule has 100 valence electrons.